The molecule has 3 nitrogen and oxygen atoms in total. The number of ether oxygens (including phenoxy) is 1. The van der Waals surface area contributed by atoms with E-state index in [4.69, 9.17) is 4.74 Å². The molecule has 1 fully saturated rings. The zero-order valence-electron chi connectivity index (χ0n) is 10.6. The van der Waals surface area contributed by atoms with Gasteiger partial charge in [-0.05, 0) is 40.5 Å². The van der Waals surface area contributed by atoms with Crippen LogP contribution in [0.3, 0.4) is 0 Å². The quantitative estimate of drug-likeness (QED) is 0.750. The molecule has 0 aromatic carbocycles. The second-order valence-electron chi connectivity index (χ2n) is 5.69. The highest BCUT2D eigenvalue weighted by molar-refractivity contribution is 4.98. The number of aliphatic hydroxyl groups is 1. The Morgan fingerprint density at radius 3 is 2.40 bits per heavy atom. The summed E-state index contributed by atoms with van der Waals surface area (Å²) in [7, 11) is 0. The van der Waals surface area contributed by atoms with Crippen molar-refractivity contribution >= 4 is 0 Å². The Morgan fingerprint density at radius 1 is 1.40 bits per heavy atom. The van der Waals surface area contributed by atoms with Crippen molar-refractivity contribution in [2.75, 3.05) is 6.54 Å². The number of hydrogen-bond donors (Lipinski definition) is 2. The first-order valence-corrected chi connectivity index (χ1v) is 5.88. The molecule has 2 N–H and O–H groups in total. The Balaban J connectivity index is 2.48. The van der Waals surface area contributed by atoms with Gasteiger partial charge in [0.1, 0.15) is 0 Å². The Labute approximate surface area is 93.2 Å². The second kappa shape index (κ2) is 4.40. The molecule has 0 spiro atoms. The summed E-state index contributed by atoms with van der Waals surface area (Å²) < 4.78 is 5.97. The highest BCUT2D eigenvalue weighted by Crippen LogP contribution is 2.37. The van der Waals surface area contributed by atoms with Crippen molar-refractivity contribution in [2.24, 2.45) is 0 Å². The molecule has 1 heterocycles. The van der Waals surface area contributed by atoms with Gasteiger partial charge in [-0.3, -0.25) is 0 Å². The normalized spacial score (nSPS) is 30.4. The van der Waals surface area contributed by atoms with E-state index in [0.717, 1.165) is 12.8 Å². The van der Waals surface area contributed by atoms with Crippen LogP contribution in [0.4, 0.5) is 0 Å². The van der Waals surface area contributed by atoms with Gasteiger partial charge in [-0.2, -0.15) is 0 Å². The lowest BCUT2D eigenvalue weighted by Crippen LogP contribution is -2.45. The maximum absolute atomic E-state index is 9.52. The van der Waals surface area contributed by atoms with E-state index >= 15 is 0 Å². The van der Waals surface area contributed by atoms with E-state index in [1.54, 1.807) is 0 Å². The predicted octanol–water partition coefficient (Wildman–Crippen LogP) is 1.69. The largest absolute Gasteiger partial charge is 0.392 e. The fourth-order valence-corrected chi connectivity index (χ4v) is 2.30. The topological polar surface area (TPSA) is 41.5 Å². The maximum atomic E-state index is 9.52. The molecule has 3 heteroatoms. The molecule has 90 valence electrons. The van der Waals surface area contributed by atoms with Crippen molar-refractivity contribution in [1.82, 2.24) is 5.32 Å². The van der Waals surface area contributed by atoms with E-state index in [0.29, 0.717) is 12.6 Å². The van der Waals surface area contributed by atoms with Crippen molar-refractivity contribution < 1.29 is 9.84 Å². The standard InChI is InChI=1S/C12H25NO2/c1-6-9(14)8-13-10-7-11(2,3)15-12(10,4)5/h9-10,13-14H,6-8H2,1-5H3/t9-,10+/m1/s1. The van der Waals surface area contributed by atoms with Crippen LogP contribution in [0.25, 0.3) is 0 Å². The third-order valence-electron chi connectivity index (χ3n) is 3.15. The molecule has 0 amide bonds. The second-order valence-corrected chi connectivity index (χ2v) is 5.69. The van der Waals surface area contributed by atoms with Gasteiger partial charge in [-0.15, -0.1) is 0 Å². The minimum Gasteiger partial charge on any atom is -0.392 e. The average Bonchev–Trinajstić information content (AvgIpc) is 2.29. The van der Waals surface area contributed by atoms with Crippen LogP contribution in [0.1, 0.15) is 47.5 Å². The zero-order chi connectivity index (χ0) is 11.7. The van der Waals surface area contributed by atoms with Crippen LogP contribution in [0.2, 0.25) is 0 Å². The Morgan fingerprint density at radius 2 is 2.00 bits per heavy atom. The molecular weight excluding hydrogens is 190 g/mol. The highest BCUT2D eigenvalue weighted by Gasteiger charge is 2.45. The number of nitrogens with one attached hydrogen (secondary N) is 1. The summed E-state index contributed by atoms with van der Waals surface area (Å²) in [5.74, 6) is 0. The molecular formula is C12H25NO2. The first-order chi connectivity index (χ1) is 6.77. The van der Waals surface area contributed by atoms with Gasteiger partial charge >= 0.3 is 0 Å². The van der Waals surface area contributed by atoms with E-state index in [-0.39, 0.29) is 17.3 Å². The molecule has 1 aliphatic rings. The first kappa shape index (κ1) is 12.9. The zero-order valence-corrected chi connectivity index (χ0v) is 10.6. The Bertz CT molecular complexity index is 214. The molecule has 0 radical (unpaired) electrons. The molecule has 0 aromatic rings. The molecule has 0 saturated carbocycles. The molecule has 0 aromatic heterocycles. The molecule has 0 bridgehead atoms. The average molecular weight is 215 g/mol. The van der Waals surface area contributed by atoms with E-state index in [2.05, 4.69) is 33.0 Å². The van der Waals surface area contributed by atoms with Crippen LogP contribution < -0.4 is 5.32 Å². The van der Waals surface area contributed by atoms with Crippen molar-refractivity contribution in [2.45, 2.75) is 70.8 Å². The molecule has 1 saturated heterocycles. The minimum atomic E-state index is -0.246. The van der Waals surface area contributed by atoms with Gasteiger partial charge in [0, 0.05) is 12.6 Å². The summed E-state index contributed by atoms with van der Waals surface area (Å²) in [6, 6.07) is 0.327. The Hall–Kier alpha value is -0.120. The third-order valence-corrected chi connectivity index (χ3v) is 3.15. The fourth-order valence-electron chi connectivity index (χ4n) is 2.30. The maximum Gasteiger partial charge on any atom is 0.0787 e. The first-order valence-electron chi connectivity index (χ1n) is 5.88. The molecule has 0 aliphatic carbocycles. The predicted molar refractivity (Wildman–Crippen MR) is 61.9 cm³/mol. The lowest BCUT2D eigenvalue weighted by Gasteiger charge is -2.28. The van der Waals surface area contributed by atoms with Crippen molar-refractivity contribution in [3.05, 3.63) is 0 Å². The fraction of sp³-hybridized carbons (Fsp3) is 1.00. The van der Waals surface area contributed by atoms with Gasteiger partial charge in [0.2, 0.25) is 0 Å². The number of rotatable bonds is 4. The summed E-state index contributed by atoms with van der Waals surface area (Å²) in [5.41, 5.74) is -0.199. The summed E-state index contributed by atoms with van der Waals surface area (Å²) in [6.07, 6.45) is 1.55. The van der Waals surface area contributed by atoms with Gasteiger partial charge in [0.25, 0.3) is 0 Å². The SMILES string of the molecule is CC[C@@H](O)CN[C@H]1CC(C)(C)OC1(C)C. The van der Waals surface area contributed by atoms with Gasteiger partial charge in [0.15, 0.2) is 0 Å². The van der Waals surface area contributed by atoms with Crippen molar-refractivity contribution in [1.29, 1.82) is 0 Å². The van der Waals surface area contributed by atoms with Crippen molar-refractivity contribution in [3.63, 3.8) is 0 Å². The van der Waals surface area contributed by atoms with Gasteiger partial charge in [-0.25, -0.2) is 0 Å². The minimum absolute atomic E-state index is 0.0572. The highest BCUT2D eigenvalue weighted by atomic mass is 16.5. The smallest absolute Gasteiger partial charge is 0.0787 e. The number of aliphatic hydroxyl groups excluding tert-OH is 1. The monoisotopic (exact) mass is 215 g/mol. The summed E-state index contributed by atoms with van der Waals surface area (Å²) >= 11 is 0. The van der Waals surface area contributed by atoms with E-state index in [1.807, 2.05) is 6.92 Å². The van der Waals surface area contributed by atoms with Crippen LogP contribution in [-0.2, 0) is 4.74 Å². The van der Waals surface area contributed by atoms with Crippen LogP contribution >= 0.6 is 0 Å². The van der Waals surface area contributed by atoms with E-state index < -0.39 is 0 Å². The van der Waals surface area contributed by atoms with E-state index in [9.17, 15) is 5.11 Å². The van der Waals surface area contributed by atoms with Crippen LogP contribution in [0.5, 0.6) is 0 Å². The Kier molecular flexibility index (Phi) is 3.80. The van der Waals surface area contributed by atoms with Gasteiger partial charge in [0.05, 0.1) is 17.3 Å². The molecule has 1 rings (SSSR count). The molecule has 2 atom stereocenters. The van der Waals surface area contributed by atoms with Gasteiger partial charge in [-0.1, -0.05) is 6.92 Å². The summed E-state index contributed by atoms with van der Waals surface area (Å²) in [4.78, 5) is 0. The molecule has 0 unspecified atom stereocenters. The van der Waals surface area contributed by atoms with Crippen LogP contribution in [-0.4, -0.2) is 35.0 Å². The molecule has 1 aliphatic heterocycles. The third kappa shape index (κ3) is 3.44. The van der Waals surface area contributed by atoms with E-state index in [1.165, 1.54) is 0 Å². The van der Waals surface area contributed by atoms with Crippen LogP contribution in [0, 0.1) is 0 Å². The van der Waals surface area contributed by atoms with Crippen LogP contribution in [0.15, 0.2) is 0 Å². The van der Waals surface area contributed by atoms with Gasteiger partial charge < -0.3 is 15.2 Å². The lowest BCUT2D eigenvalue weighted by molar-refractivity contribution is -0.0702. The summed E-state index contributed by atoms with van der Waals surface area (Å²) in [6.45, 7) is 11.1. The molecule has 15 heavy (non-hydrogen) atoms. The van der Waals surface area contributed by atoms with Crippen molar-refractivity contribution in [3.8, 4) is 0 Å². The lowest BCUT2D eigenvalue weighted by atomic mass is 9.94. The summed E-state index contributed by atoms with van der Waals surface area (Å²) in [5, 5.41) is 12.9. The number of hydrogen-bond acceptors (Lipinski definition) is 3.